The van der Waals surface area contributed by atoms with Crippen molar-refractivity contribution in [1.82, 2.24) is 4.90 Å². The fourth-order valence-corrected chi connectivity index (χ4v) is 2.85. The normalized spacial score (nSPS) is 25.5. The summed E-state index contributed by atoms with van der Waals surface area (Å²) in [5, 5.41) is 0. The number of aryl methyl sites for hydroxylation is 2. The van der Waals surface area contributed by atoms with Crippen molar-refractivity contribution in [3.63, 3.8) is 0 Å². The number of nitrogens with two attached hydrogens (primary N) is 1. The third-order valence-electron chi connectivity index (χ3n) is 4.03. The van der Waals surface area contributed by atoms with Gasteiger partial charge in [-0.1, -0.05) is 6.07 Å². The highest BCUT2D eigenvalue weighted by atomic mass is 15.3. The van der Waals surface area contributed by atoms with Gasteiger partial charge in [-0.2, -0.15) is 0 Å². The maximum Gasteiger partial charge on any atom is 0.0394 e. The maximum atomic E-state index is 5.89. The Morgan fingerprint density at radius 1 is 1.17 bits per heavy atom. The van der Waals surface area contributed by atoms with E-state index in [1.165, 1.54) is 16.8 Å². The fourth-order valence-electron chi connectivity index (χ4n) is 2.85. The van der Waals surface area contributed by atoms with Crippen molar-refractivity contribution in [2.45, 2.75) is 32.9 Å². The van der Waals surface area contributed by atoms with E-state index < -0.39 is 0 Å². The first-order valence-electron chi connectivity index (χ1n) is 6.76. The van der Waals surface area contributed by atoms with E-state index in [-0.39, 0.29) is 0 Å². The molecule has 0 aromatic heterocycles. The highest BCUT2D eigenvalue weighted by molar-refractivity contribution is 5.51. The van der Waals surface area contributed by atoms with E-state index in [1.807, 2.05) is 0 Å². The SMILES string of the molecule is Cc1cc(C)cc(N2CC(C)N(C)C(CN)C2)c1. The van der Waals surface area contributed by atoms with E-state index in [2.05, 4.69) is 55.8 Å². The molecule has 3 nitrogen and oxygen atoms in total. The zero-order valence-electron chi connectivity index (χ0n) is 12.0. The highest BCUT2D eigenvalue weighted by Crippen LogP contribution is 2.23. The molecule has 0 spiro atoms. The van der Waals surface area contributed by atoms with Crippen LogP contribution < -0.4 is 10.6 Å². The second kappa shape index (κ2) is 5.29. The van der Waals surface area contributed by atoms with Gasteiger partial charge in [-0.3, -0.25) is 4.90 Å². The molecule has 2 unspecified atom stereocenters. The molecule has 1 aromatic rings. The van der Waals surface area contributed by atoms with Crippen molar-refractivity contribution >= 4 is 5.69 Å². The predicted octanol–water partition coefficient (Wildman–Crippen LogP) is 1.77. The molecule has 0 amide bonds. The molecule has 1 aliphatic rings. The Balaban J connectivity index is 2.22. The molecule has 1 fully saturated rings. The molecule has 1 aliphatic heterocycles. The smallest absolute Gasteiger partial charge is 0.0394 e. The van der Waals surface area contributed by atoms with Crippen LogP contribution in [0, 0.1) is 13.8 Å². The predicted molar refractivity (Wildman–Crippen MR) is 78.2 cm³/mol. The van der Waals surface area contributed by atoms with Gasteiger partial charge in [-0.15, -0.1) is 0 Å². The van der Waals surface area contributed by atoms with Gasteiger partial charge in [-0.25, -0.2) is 0 Å². The summed E-state index contributed by atoms with van der Waals surface area (Å²) in [4.78, 5) is 4.88. The van der Waals surface area contributed by atoms with Crippen molar-refractivity contribution in [1.29, 1.82) is 0 Å². The molecule has 1 heterocycles. The summed E-state index contributed by atoms with van der Waals surface area (Å²) in [6.07, 6.45) is 0. The standard InChI is InChI=1S/C15H25N3/c1-11-5-12(2)7-14(6-11)18-9-13(3)17(4)15(8-16)10-18/h5-7,13,15H,8-10,16H2,1-4H3. The lowest BCUT2D eigenvalue weighted by Gasteiger charge is -2.44. The zero-order valence-corrected chi connectivity index (χ0v) is 12.0. The van der Waals surface area contributed by atoms with Gasteiger partial charge < -0.3 is 10.6 Å². The van der Waals surface area contributed by atoms with Gasteiger partial charge in [0.05, 0.1) is 0 Å². The van der Waals surface area contributed by atoms with Crippen LogP contribution in [0.2, 0.25) is 0 Å². The number of anilines is 1. The highest BCUT2D eigenvalue weighted by Gasteiger charge is 2.28. The summed E-state index contributed by atoms with van der Waals surface area (Å²) in [6.45, 7) is 9.43. The van der Waals surface area contributed by atoms with Gasteiger partial charge in [0.1, 0.15) is 0 Å². The van der Waals surface area contributed by atoms with Crippen LogP contribution in [0.15, 0.2) is 18.2 Å². The summed E-state index contributed by atoms with van der Waals surface area (Å²) in [6, 6.07) is 7.78. The number of hydrogen-bond acceptors (Lipinski definition) is 3. The monoisotopic (exact) mass is 247 g/mol. The van der Waals surface area contributed by atoms with Crippen LogP contribution >= 0.6 is 0 Å². The van der Waals surface area contributed by atoms with Crippen molar-refractivity contribution in [2.24, 2.45) is 5.73 Å². The molecule has 0 radical (unpaired) electrons. The molecule has 2 rings (SSSR count). The number of nitrogens with zero attached hydrogens (tertiary/aromatic N) is 2. The Kier molecular flexibility index (Phi) is 3.93. The second-order valence-electron chi connectivity index (χ2n) is 5.65. The summed E-state index contributed by atoms with van der Waals surface area (Å²) >= 11 is 0. The van der Waals surface area contributed by atoms with Gasteiger partial charge in [0.2, 0.25) is 0 Å². The minimum atomic E-state index is 0.453. The van der Waals surface area contributed by atoms with Crippen molar-refractivity contribution in [3.05, 3.63) is 29.3 Å². The Bertz CT molecular complexity index is 396. The average Bonchev–Trinajstić information content (AvgIpc) is 2.31. The molecular formula is C15H25N3. The van der Waals surface area contributed by atoms with Crippen molar-refractivity contribution < 1.29 is 0 Å². The van der Waals surface area contributed by atoms with Gasteiger partial charge in [0.25, 0.3) is 0 Å². The summed E-state index contributed by atoms with van der Waals surface area (Å²) in [7, 11) is 2.18. The molecule has 2 atom stereocenters. The number of rotatable bonds is 2. The van der Waals surface area contributed by atoms with Crippen molar-refractivity contribution in [3.8, 4) is 0 Å². The molecule has 2 N–H and O–H groups in total. The van der Waals surface area contributed by atoms with Crippen LogP contribution in [0.5, 0.6) is 0 Å². The van der Waals surface area contributed by atoms with Gasteiger partial charge in [0.15, 0.2) is 0 Å². The molecule has 1 saturated heterocycles. The number of likely N-dealkylation sites (N-methyl/N-ethyl adjacent to an activating group) is 1. The first-order valence-corrected chi connectivity index (χ1v) is 6.76. The lowest BCUT2D eigenvalue weighted by Crippen LogP contribution is -2.58. The van der Waals surface area contributed by atoms with E-state index in [4.69, 9.17) is 5.73 Å². The minimum absolute atomic E-state index is 0.453. The van der Waals surface area contributed by atoms with Crippen molar-refractivity contribution in [2.75, 3.05) is 31.6 Å². The van der Waals surface area contributed by atoms with Crippen LogP contribution in [0.3, 0.4) is 0 Å². The van der Waals surface area contributed by atoms with Crippen LogP contribution in [0.4, 0.5) is 5.69 Å². The largest absolute Gasteiger partial charge is 0.368 e. The van der Waals surface area contributed by atoms with Gasteiger partial charge in [0, 0.05) is 37.4 Å². The number of hydrogen-bond donors (Lipinski definition) is 1. The van der Waals surface area contributed by atoms with E-state index in [0.717, 1.165) is 19.6 Å². The molecule has 0 aliphatic carbocycles. The molecular weight excluding hydrogens is 222 g/mol. The molecule has 1 aromatic carbocycles. The number of benzene rings is 1. The Morgan fingerprint density at radius 3 is 2.33 bits per heavy atom. The summed E-state index contributed by atoms with van der Waals surface area (Å²) in [5.74, 6) is 0. The van der Waals surface area contributed by atoms with E-state index in [9.17, 15) is 0 Å². The van der Waals surface area contributed by atoms with Gasteiger partial charge in [-0.05, 0) is 51.1 Å². The molecule has 0 saturated carbocycles. The molecule has 100 valence electrons. The average molecular weight is 247 g/mol. The van der Waals surface area contributed by atoms with E-state index in [0.29, 0.717) is 12.1 Å². The molecule has 3 heteroatoms. The minimum Gasteiger partial charge on any atom is -0.368 e. The Labute approximate surface area is 111 Å². The topological polar surface area (TPSA) is 32.5 Å². The van der Waals surface area contributed by atoms with Crippen LogP contribution in [0.1, 0.15) is 18.1 Å². The molecule has 0 bridgehead atoms. The van der Waals surface area contributed by atoms with Crippen LogP contribution in [-0.4, -0.2) is 43.7 Å². The second-order valence-corrected chi connectivity index (χ2v) is 5.65. The first kappa shape index (κ1) is 13.4. The lowest BCUT2D eigenvalue weighted by molar-refractivity contribution is 0.162. The third-order valence-corrected chi connectivity index (χ3v) is 4.03. The maximum absolute atomic E-state index is 5.89. The fraction of sp³-hybridized carbons (Fsp3) is 0.600. The van der Waals surface area contributed by atoms with E-state index in [1.54, 1.807) is 0 Å². The summed E-state index contributed by atoms with van der Waals surface area (Å²) in [5.41, 5.74) is 9.89. The van der Waals surface area contributed by atoms with E-state index >= 15 is 0 Å². The summed E-state index contributed by atoms with van der Waals surface area (Å²) < 4.78 is 0. The quantitative estimate of drug-likeness (QED) is 0.864. The lowest BCUT2D eigenvalue weighted by atomic mass is 10.1. The van der Waals surface area contributed by atoms with Gasteiger partial charge >= 0.3 is 0 Å². The van der Waals surface area contributed by atoms with Crippen LogP contribution in [0.25, 0.3) is 0 Å². The molecule has 18 heavy (non-hydrogen) atoms. The Morgan fingerprint density at radius 2 is 1.78 bits per heavy atom. The Hall–Kier alpha value is -1.06. The third kappa shape index (κ3) is 2.68. The first-order chi connectivity index (χ1) is 8.51. The number of piperazine rings is 1. The van der Waals surface area contributed by atoms with Crippen LogP contribution in [-0.2, 0) is 0 Å². The zero-order chi connectivity index (χ0) is 13.3.